The van der Waals surface area contributed by atoms with E-state index in [2.05, 4.69) is 5.32 Å². The summed E-state index contributed by atoms with van der Waals surface area (Å²) in [5.41, 5.74) is 2.88. The molecule has 0 saturated heterocycles. The fraction of sp³-hybridized carbons (Fsp3) is 0.143. The number of carboxylic acids is 1. The highest BCUT2D eigenvalue weighted by Gasteiger charge is 2.17. The smallest absolute Gasteiger partial charge is 0.341 e. The first-order valence-corrected chi connectivity index (χ1v) is 11.3. The summed E-state index contributed by atoms with van der Waals surface area (Å²) in [4.78, 5) is 23.9. The van der Waals surface area contributed by atoms with Crippen molar-refractivity contribution in [3.05, 3.63) is 113 Å². The van der Waals surface area contributed by atoms with Gasteiger partial charge >= 0.3 is 5.97 Å². The number of hydrogen-bond acceptors (Lipinski definition) is 3. The summed E-state index contributed by atoms with van der Waals surface area (Å²) in [6.45, 7) is -0.407. The van der Waals surface area contributed by atoms with Gasteiger partial charge in [-0.1, -0.05) is 84.4 Å². The van der Waals surface area contributed by atoms with Crippen LogP contribution in [0.25, 0.3) is 10.8 Å². The number of nitrogens with one attached hydrogen (secondary N) is 1. The molecule has 4 aromatic rings. The van der Waals surface area contributed by atoms with Gasteiger partial charge < -0.3 is 15.2 Å². The molecule has 0 aliphatic carbocycles. The minimum Gasteiger partial charge on any atom is -0.481 e. The Morgan fingerprint density at radius 1 is 0.853 bits per heavy atom. The monoisotopic (exact) mass is 473 g/mol. The highest BCUT2D eigenvalue weighted by molar-refractivity contribution is 6.30. The van der Waals surface area contributed by atoms with E-state index in [-0.39, 0.29) is 11.9 Å². The average molecular weight is 474 g/mol. The standard InChI is InChI=1S/C28H24ClNO4/c29-22-11-4-10-21(17-22)28(20-7-2-1-3-8-20)30-26(31)16-15-19-9-5-13-24-23(19)12-6-14-25(24)34-18-27(32)33/h1-14,17,28H,15-16,18H2,(H,30,31)(H,32,33). The number of fused-ring (bicyclic) bond motifs is 1. The SMILES string of the molecule is O=C(O)COc1cccc2c(CCC(=O)NC(c3ccccc3)c3cccc(Cl)c3)cccc12. The van der Waals surface area contributed by atoms with Crippen LogP contribution in [0.1, 0.15) is 29.2 Å². The summed E-state index contributed by atoms with van der Waals surface area (Å²) in [7, 11) is 0. The Bertz CT molecular complexity index is 1310. The number of halogens is 1. The number of hydrogen-bond donors (Lipinski definition) is 2. The molecular formula is C28H24ClNO4. The molecule has 2 N–H and O–H groups in total. The number of carboxylic acid groups (broad SMARTS) is 1. The van der Waals surface area contributed by atoms with E-state index in [0.717, 1.165) is 27.5 Å². The Balaban J connectivity index is 1.51. The molecular weight excluding hydrogens is 450 g/mol. The number of carbonyl (C=O) groups excluding carboxylic acids is 1. The number of aliphatic carboxylic acids is 1. The second-order valence-corrected chi connectivity index (χ2v) is 8.35. The zero-order chi connectivity index (χ0) is 23.9. The summed E-state index contributed by atoms with van der Waals surface area (Å²) in [5, 5.41) is 14.4. The Hall–Kier alpha value is -3.83. The maximum atomic E-state index is 13.0. The van der Waals surface area contributed by atoms with Crippen molar-refractivity contribution < 1.29 is 19.4 Å². The molecule has 4 rings (SSSR count). The molecule has 1 atom stereocenters. The number of aryl methyl sites for hydroxylation is 1. The molecule has 0 heterocycles. The largest absolute Gasteiger partial charge is 0.481 e. The van der Waals surface area contributed by atoms with Gasteiger partial charge in [-0.05, 0) is 46.7 Å². The number of ether oxygens (including phenoxy) is 1. The minimum atomic E-state index is -1.03. The molecule has 0 aromatic heterocycles. The van der Waals surface area contributed by atoms with Crippen molar-refractivity contribution in [1.82, 2.24) is 5.32 Å². The van der Waals surface area contributed by atoms with Crippen molar-refractivity contribution in [2.24, 2.45) is 0 Å². The fourth-order valence-electron chi connectivity index (χ4n) is 4.00. The molecule has 1 amide bonds. The first-order valence-electron chi connectivity index (χ1n) is 11.0. The van der Waals surface area contributed by atoms with Gasteiger partial charge in [-0.2, -0.15) is 0 Å². The van der Waals surface area contributed by atoms with E-state index in [1.807, 2.05) is 84.9 Å². The van der Waals surface area contributed by atoms with Crippen molar-refractivity contribution >= 4 is 34.2 Å². The molecule has 6 heteroatoms. The highest BCUT2D eigenvalue weighted by Crippen LogP contribution is 2.29. The third kappa shape index (κ3) is 5.74. The first-order chi connectivity index (χ1) is 16.5. The molecule has 0 bridgehead atoms. The van der Waals surface area contributed by atoms with Gasteiger partial charge in [-0.25, -0.2) is 4.79 Å². The van der Waals surface area contributed by atoms with E-state index in [4.69, 9.17) is 21.4 Å². The predicted octanol–water partition coefficient (Wildman–Crippen LogP) is 5.80. The number of carbonyl (C=O) groups is 2. The Labute approximate surface area is 203 Å². The molecule has 0 aliphatic heterocycles. The molecule has 172 valence electrons. The van der Waals surface area contributed by atoms with E-state index < -0.39 is 12.6 Å². The summed E-state index contributed by atoms with van der Waals surface area (Å²) in [6, 6.07) is 28.3. The van der Waals surface area contributed by atoms with Crippen molar-refractivity contribution in [3.63, 3.8) is 0 Å². The van der Waals surface area contributed by atoms with Gasteiger partial charge in [0, 0.05) is 16.8 Å². The van der Waals surface area contributed by atoms with Crippen molar-refractivity contribution in [1.29, 1.82) is 0 Å². The molecule has 0 fully saturated rings. The highest BCUT2D eigenvalue weighted by atomic mass is 35.5. The molecule has 0 radical (unpaired) electrons. The Morgan fingerprint density at radius 2 is 1.56 bits per heavy atom. The zero-order valence-corrected chi connectivity index (χ0v) is 19.2. The van der Waals surface area contributed by atoms with Crippen LogP contribution in [0.3, 0.4) is 0 Å². The van der Waals surface area contributed by atoms with Crippen LogP contribution in [-0.4, -0.2) is 23.6 Å². The quantitative estimate of drug-likeness (QED) is 0.322. The topological polar surface area (TPSA) is 75.6 Å². The average Bonchev–Trinajstić information content (AvgIpc) is 2.85. The summed E-state index contributed by atoms with van der Waals surface area (Å²) in [6.07, 6.45) is 0.825. The van der Waals surface area contributed by atoms with Crippen molar-refractivity contribution in [2.75, 3.05) is 6.61 Å². The third-order valence-corrected chi connectivity index (χ3v) is 5.80. The lowest BCUT2D eigenvalue weighted by molar-refractivity contribution is -0.139. The van der Waals surface area contributed by atoms with Gasteiger partial charge in [-0.3, -0.25) is 4.79 Å². The van der Waals surface area contributed by atoms with Crippen LogP contribution in [0.15, 0.2) is 91.0 Å². The molecule has 5 nitrogen and oxygen atoms in total. The van der Waals surface area contributed by atoms with E-state index in [1.165, 1.54) is 0 Å². The lowest BCUT2D eigenvalue weighted by Gasteiger charge is -2.20. The van der Waals surface area contributed by atoms with Crippen LogP contribution in [0.4, 0.5) is 0 Å². The molecule has 0 aliphatic rings. The second-order valence-electron chi connectivity index (χ2n) is 7.92. The molecule has 4 aromatic carbocycles. The normalized spacial score (nSPS) is 11.7. The molecule has 0 saturated carbocycles. The van der Waals surface area contributed by atoms with Crippen LogP contribution < -0.4 is 10.1 Å². The Kier molecular flexibility index (Phi) is 7.45. The van der Waals surface area contributed by atoms with Crippen molar-refractivity contribution in [2.45, 2.75) is 18.9 Å². The lowest BCUT2D eigenvalue weighted by atomic mass is 9.97. The predicted molar refractivity (Wildman–Crippen MR) is 133 cm³/mol. The first kappa shape index (κ1) is 23.3. The fourth-order valence-corrected chi connectivity index (χ4v) is 4.20. The molecule has 34 heavy (non-hydrogen) atoms. The number of benzene rings is 4. The lowest BCUT2D eigenvalue weighted by Crippen LogP contribution is -2.29. The van der Waals surface area contributed by atoms with Crippen LogP contribution in [-0.2, 0) is 16.0 Å². The van der Waals surface area contributed by atoms with Gasteiger partial charge in [0.1, 0.15) is 5.75 Å². The zero-order valence-electron chi connectivity index (χ0n) is 18.4. The Morgan fingerprint density at radius 3 is 2.32 bits per heavy atom. The molecule has 0 spiro atoms. The maximum Gasteiger partial charge on any atom is 0.341 e. The molecule has 1 unspecified atom stereocenters. The van der Waals surface area contributed by atoms with E-state index in [0.29, 0.717) is 23.6 Å². The summed E-state index contributed by atoms with van der Waals surface area (Å²) >= 11 is 6.21. The number of rotatable bonds is 9. The van der Waals surface area contributed by atoms with Crippen LogP contribution >= 0.6 is 11.6 Å². The summed E-state index contributed by atoms with van der Waals surface area (Å²) in [5.74, 6) is -0.599. The van der Waals surface area contributed by atoms with Gasteiger partial charge in [0.2, 0.25) is 5.91 Å². The summed E-state index contributed by atoms with van der Waals surface area (Å²) < 4.78 is 5.43. The van der Waals surface area contributed by atoms with Crippen LogP contribution in [0.2, 0.25) is 5.02 Å². The number of amides is 1. The second kappa shape index (κ2) is 10.9. The van der Waals surface area contributed by atoms with Crippen molar-refractivity contribution in [3.8, 4) is 5.75 Å². The van der Waals surface area contributed by atoms with E-state index >= 15 is 0 Å². The van der Waals surface area contributed by atoms with Crippen LogP contribution in [0, 0.1) is 0 Å². The van der Waals surface area contributed by atoms with Crippen LogP contribution in [0.5, 0.6) is 5.75 Å². The maximum absolute atomic E-state index is 13.0. The van der Waals surface area contributed by atoms with E-state index in [1.54, 1.807) is 6.07 Å². The van der Waals surface area contributed by atoms with Gasteiger partial charge in [0.05, 0.1) is 6.04 Å². The van der Waals surface area contributed by atoms with E-state index in [9.17, 15) is 9.59 Å². The third-order valence-electron chi connectivity index (χ3n) is 5.57. The van der Waals surface area contributed by atoms with Gasteiger partial charge in [0.25, 0.3) is 0 Å². The van der Waals surface area contributed by atoms with Gasteiger partial charge in [0.15, 0.2) is 6.61 Å². The van der Waals surface area contributed by atoms with Gasteiger partial charge in [-0.15, -0.1) is 0 Å². The minimum absolute atomic E-state index is 0.0795.